The molecule has 1 amide bonds. The maximum Gasteiger partial charge on any atom is 0.407 e. The summed E-state index contributed by atoms with van der Waals surface area (Å²) in [4.78, 5) is 11.7. The second-order valence-corrected chi connectivity index (χ2v) is 4.33. The standard InChI is InChI=1S/C14H21NO6/c1-19-13(20-2)12(17)11(8-16)15-14(18)21-9-10-6-4-3-5-7-10/h3-7,11-13,16-17H,8-9H2,1-2H3,(H,15,18)/t11-,12-/m1/s1. The summed E-state index contributed by atoms with van der Waals surface area (Å²) in [6, 6.07) is 8.20. The van der Waals surface area contributed by atoms with Gasteiger partial charge in [0, 0.05) is 14.2 Å². The second kappa shape index (κ2) is 9.30. The Morgan fingerprint density at radius 3 is 2.38 bits per heavy atom. The average molecular weight is 299 g/mol. The minimum Gasteiger partial charge on any atom is -0.445 e. The summed E-state index contributed by atoms with van der Waals surface area (Å²) in [5.74, 6) is 0. The van der Waals surface area contributed by atoms with Crippen LogP contribution in [0.4, 0.5) is 4.79 Å². The third kappa shape index (κ3) is 5.68. The lowest BCUT2D eigenvalue weighted by Gasteiger charge is -2.27. The van der Waals surface area contributed by atoms with Crippen LogP contribution in [0, 0.1) is 0 Å². The number of carbonyl (C=O) groups is 1. The van der Waals surface area contributed by atoms with E-state index in [-0.39, 0.29) is 6.61 Å². The number of ether oxygens (including phenoxy) is 3. The summed E-state index contributed by atoms with van der Waals surface area (Å²) < 4.78 is 14.8. The van der Waals surface area contributed by atoms with Crippen LogP contribution < -0.4 is 5.32 Å². The molecule has 0 aromatic heterocycles. The number of nitrogens with one attached hydrogen (secondary N) is 1. The Bertz CT molecular complexity index is 409. The molecule has 0 unspecified atom stereocenters. The van der Waals surface area contributed by atoms with Crippen LogP contribution in [0.3, 0.4) is 0 Å². The van der Waals surface area contributed by atoms with Gasteiger partial charge in [0.15, 0.2) is 6.29 Å². The van der Waals surface area contributed by atoms with E-state index < -0.39 is 31.1 Å². The summed E-state index contributed by atoms with van der Waals surface area (Å²) in [6.45, 7) is -0.385. The highest BCUT2D eigenvalue weighted by Gasteiger charge is 2.29. The molecule has 7 nitrogen and oxygen atoms in total. The van der Waals surface area contributed by atoms with Gasteiger partial charge < -0.3 is 29.7 Å². The molecule has 0 fully saturated rings. The summed E-state index contributed by atoms with van der Waals surface area (Å²) >= 11 is 0. The van der Waals surface area contributed by atoms with Crippen molar-refractivity contribution in [2.75, 3.05) is 20.8 Å². The van der Waals surface area contributed by atoms with E-state index in [0.29, 0.717) is 0 Å². The van der Waals surface area contributed by atoms with Crippen LogP contribution in [0.25, 0.3) is 0 Å². The molecule has 0 aliphatic heterocycles. The Balaban J connectivity index is 2.47. The molecule has 0 aliphatic carbocycles. The van der Waals surface area contributed by atoms with Crippen LogP contribution in [0.2, 0.25) is 0 Å². The molecule has 1 rings (SSSR count). The normalized spacial score (nSPS) is 13.8. The van der Waals surface area contributed by atoms with Crippen molar-refractivity contribution in [2.45, 2.75) is 25.0 Å². The van der Waals surface area contributed by atoms with Gasteiger partial charge in [0.25, 0.3) is 0 Å². The molecule has 0 bridgehead atoms. The maximum absolute atomic E-state index is 11.7. The molecule has 1 aromatic rings. The molecule has 2 atom stereocenters. The van der Waals surface area contributed by atoms with Crippen LogP contribution in [-0.2, 0) is 20.8 Å². The van der Waals surface area contributed by atoms with Crippen LogP contribution in [0.1, 0.15) is 5.56 Å². The molecule has 0 aliphatic rings. The highest BCUT2D eigenvalue weighted by Crippen LogP contribution is 2.06. The van der Waals surface area contributed by atoms with Gasteiger partial charge in [-0.2, -0.15) is 0 Å². The topological polar surface area (TPSA) is 97.3 Å². The van der Waals surface area contributed by atoms with Crippen molar-refractivity contribution >= 4 is 6.09 Å². The first-order valence-electron chi connectivity index (χ1n) is 6.44. The van der Waals surface area contributed by atoms with E-state index in [1.807, 2.05) is 30.3 Å². The molecular formula is C14H21NO6. The van der Waals surface area contributed by atoms with Gasteiger partial charge in [-0.3, -0.25) is 0 Å². The highest BCUT2D eigenvalue weighted by atomic mass is 16.7. The van der Waals surface area contributed by atoms with Gasteiger partial charge in [0.2, 0.25) is 0 Å². The number of hydrogen-bond acceptors (Lipinski definition) is 6. The number of amides is 1. The third-order valence-electron chi connectivity index (χ3n) is 2.87. The predicted octanol–water partition coefficient (Wildman–Crippen LogP) is 0.253. The number of methoxy groups -OCH3 is 2. The van der Waals surface area contributed by atoms with Gasteiger partial charge in [-0.1, -0.05) is 30.3 Å². The lowest BCUT2D eigenvalue weighted by atomic mass is 10.1. The molecular weight excluding hydrogens is 278 g/mol. The smallest absolute Gasteiger partial charge is 0.407 e. The van der Waals surface area contributed by atoms with Crippen LogP contribution in [0.5, 0.6) is 0 Å². The highest BCUT2D eigenvalue weighted by molar-refractivity contribution is 5.67. The van der Waals surface area contributed by atoms with Crippen molar-refractivity contribution in [3.63, 3.8) is 0 Å². The fraction of sp³-hybridized carbons (Fsp3) is 0.500. The molecule has 21 heavy (non-hydrogen) atoms. The van der Waals surface area contributed by atoms with Crippen LogP contribution in [-0.4, -0.2) is 55.6 Å². The van der Waals surface area contributed by atoms with E-state index in [1.54, 1.807) is 0 Å². The van der Waals surface area contributed by atoms with Crippen molar-refractivity contribution in [1.29, 1.82) is 0 Å². The molecule has 118 valence electrons. The minimum absolute atomic E-state index is 0.0961. The Labute approximate surface area is 123 Å². The maximum atomic E-state index is 11.7. The molecule has 1 aromatic carbocycles. The van der Waals surface area contributed by atoms with E-state index in [9.17, 15) is 15.0 Å². The van der Waals surface area contributed by atoms with Crippen molar-refractivity contribution in [2.24, 2.45) is 0 Å². The monoisotopic (exact) mass is 299 g/mol. The average Bonchev–Trinajstić information content (AvgIpc) is 2.52. The van der Waals surface area contributed by atoms with Gasteiger partial charge in [-0.05, 0) is 5.56 Å². The Morgan fingerprint density at radius 1 is 1.24 bits per heavy atom. The third-order valence-corrected chi connectivity index (χ3v) is 2.87. The lowest BCUT2D eigenvalue weighted by Crippen LogP contribution is -2.51. The van der Waals surface area contributed by atoms with Gasteiger partial charge >= 0.3 is 6.09 Å². The zero-order chi connectivity index (χ0) is 15.7. The molecule has 0 heterocycles. The molecule has 0 radical (unpaired) electrons. The summed E-state index contributed by atoms with van der Waals surface area (Å²) in [6.07, 6.45) is -2.94. The fourth-order valence-electron chi connectivity index (χ4n) is 1.72. The number of alkyl carbamates (subject to hydrolysis) is 1. The van der Waals surface area contributed by atoms with Crippen molar-refractivity contribution in [3.8, 4) is 0 Å². The second-order valence-electron chi connectivity index (χ2n) is 4.33. The van der Waals surface area contributed by atoms with E-state index >= 15 is 0 Å². The summed E-state index contributed by atoms with van der Waals surface area (Å²) in [5.41, 5.74) is 0.834. The van der Waals surface area contributed by atoms with E-state index in [2.05, 4.69) is 5.32 Å². The minimum atomic E-state index is -1.23. The molecule has 0 saturated carbocycles. The van der Waals surface area contributed by atoms with E-state index in [4.69, 9.17) is 14.2 Å². The Kier molecular flexibility index (Phi) is 7.70. The van der Waals surface area contributed by atoms with Gasteiger partial charge in [-0.25, -0.2) is 4.79 Å². The van der Waals surface area contributed by atoms with Gasteiger partial charge in [0.05, 0.1) is 12.6 Å². The van der Waals surface area contributed by atoms with Gasteiger partial charge in [0.1, 0.15) is 12.7 Å². The summed E-state index contributed by atoms with van der Waals surface area (Å²) in [5, 5.41) is 21.5. The van der Waals surface area contributed by atoms with Crippen molar-refractivity contribution < 1.29 is 29.2 Å². The quantitative estimate of drug-likeness (QED) is 0.596. The zero-order valence-corrected chi connectivity index (χ0v) is 12.1. The van der Waals surface area contributed by atoms with E-state index in [0.717, 1.165) is 5.56 Å². The first kappa shape index (κ1) is 17.4. The number of carbonyl (C=O) groups excluding carboxylic acids is 1. The Morgan fingerprint density at radius 2 is 1.86 bits per heavy atom. The van der Waals surface area contributed by atoms with Crippen LogP contribution >= 0.6 is 0 Å². The first-order valence-corrected chi connectivity index (χ1v) is 6.44. The summed E-state index contributed by atoms with van der Waals surface area (Å²) in [7, 11) is 2.69. The number of rotatable bonds is 8. The lowest BCUT2D eigenvalue weighted by molar-refractivity contribution is -0.174. The zero-order valence-electron chi connectivity index (χ0n) is 12.1. The van der Waals surface area contributed by atoms with Crippen molar-refractivity contribution in [1.82, 2.24) is 5.32 Å². The first-order chi connectivity index (χ1) is 10.1. The predicted molar refractivity (Wildman–Crippen MR) is 74.4 cm³/mol. The molecule has 0 spiro atoms. The van der Waals surface area contributed by atoms with Crippen molar-refractivity contribution in [3.05, 3.63) is 35.9 Å². The SMILES string of the molecule is COC(OC)[C@H](O)[C@@H](CO)NC(=O)OCc1ccccc1. The number of hydrogen-bond donors (Lipinski definition) is 3. The number of aliphatic hydroxyl groups is 2. The Hall–Kier alpha value is -1.67. The number of aliphatic hydroxyl groups excluding tert-OH is 2. The molecule has 0 saturated heterocycles. The van der Waals surface area contributed by atoms with Gasteiger partial charge in [-0.15, -0.1) is 0 Å². The fourth-order valence-corrected chi connectivity index (χ4v) is 1.72. The largest absolute Gasteiger partial charge is 0.445 e. The number of benzene rings is 1. The van der Waals surface area contributed by atoms with Crippen LogP contribution in [0.15, 0.2) is 30.3 Å². The molecule has 7 heteroatoms. The molecule has 3 N–H and O–H groups in total. The van der Waals surface area contributed by atoms with E-state index in [1.165, 1.54) is 14.2 Å².